The minimum atomic E-state index is -0.206. The van der Waals surface area contributed by atoms with Gasteiger partial charge in [0.25, 0.3) is 0 Å². The molecular formula is C26H29N7O2. The molecular weight excluding hydrogens is 442 g/mol. The van der Waals surface area contributed by atoms with Gasteiger partial charge in [0, 0.05) is 50.0 Å². The second kappa shape index (κ2) is 10.5. The Labute approximate surface area is 203 Å². The van der Waals surface area contributed by atoms with E-state index in [4.69, 9.17) is 0 Å². The fourth-order valence-corrected chi connectivity index (χ4v) is 4.48. The second-order valence-corrected chi connectivity index (χ2v) is 8.89. The first-order chi connectivity index (χ1) is 17.1. The van der Waals surface area contributed by atoms with Crippen molar-refractivity contribution in [1.82, 2.24) is 29.4 Å². The van der Waals surface area contributed by atoms with E-state index in [1.807, 2.05) is 42.7 Å². The standard InChI is InChI=1S/C26H29N7O2/c34-25(28-22-10-16-31(17-11-22)15-9-20-7-12-27-13-8-20)29-23-5-3-4-21(18-23)19-33-26(35)32-14-2-1-6-24(32)30-33/h1-8,12-14,18,22H,9-11,15-17,19H2,(H2,28,29,34). The van der Waals surface area contributed by atoms with Crippen LogP contribution in [0.1, 0.15) is 24.0 Å². The molecule has 3 aromatic heterocycles. The highest BCUT2D eigenvalue weighted by molar-refractivity contribution is 5.89. The van der Waals surface area contributed by atoms with Crippen LogP contribution < -0.4 is 16.3 Å². The number of carbonyl (C=O) groups excluding carboxylic acids is 1. The number of hydrogen-bond acceptors (Lipinski definition) is 5. The van der Waals surface area contributed by atoms with Gasteiger partial charge >= 0.3 is 11.7 Å². The summed E-state index contributed by atoms with van der Waals surface area (Å²) in [5.41, 5.74) is 3.29. The lowest BCUT2D eigenvalue weighted by Crippen LogP contribution is -2.46. The first kappa shape index (κ1) is 22.8. The van der Waals surface area contributed by atoms with Gasteiger partial charge in [0.15, 0.2) is 5.65 Å². The summed E-state index contributed by atoms with van der Waals surface area (Å²) in [5, 5.41) is 10.4. The molecule has 2 amide bonds. The van der Waals surface area contributed by atoms with Crippen molar-refractivity contribution in [2.75, 3.05) is 25.0 Å². The highest BCUT2D eigenvalue weighted by Crippen LogP contribution is 2.14. The Morgan fingerprint density at radius 3 is 2.63 bits per heavy atom. The molecule has 0 unspecified atom stereocenters. The molecule has 1 aliphatic heterocycles. The van der Waals surface area contributed by atoms with Gasteiger partial charge < -0.3 is 15.5 Å². The average molecular weight is 472 g/mol. The smallest absolute Gasteiger partial charge is 0.335 e. The molecule has 0 bridgehead atoms. The van der Waals surface area contributed by atoms with Crippen molar-refractivity contribution in [2.45, 2.75) is 31.8 Å². The number of likely N-dealkylation sites (tertiary alicyclic amines) is 1. The number of aromatic nitrogens is 4. The normalized spacial score (nSPS) is 14.7. The van der Waals surface area contributed by atoms with Crippen LogP contribution in [0.2, 0.25) is 0 Å². The molecule has 0 spiro atoms. The highest BCUT2D eigenvalue weighted by Gasteiger charge is 2.20. The summed E-state index contributed by atoms with van der Waals surface area (Å²) in [4.78, 5) is 31.6. The number of amides is 2. The third-order valence-electron chi connectivity index (χ3n) is 6.39. The zero-order valence-corrected chi connectivity index (χ0v) is 19.5. The number of urea groups is 1. The van der Waals surface area contributed by atoms with E-state index in [1.54, 1.807) is 18.3 Å². The van der Waals surface area contributed by atoms with Gasteiger partial charge in [0.05, 0.1) is 6.54 Å². The lowest BCUT2D eigenvalue weighted by molar-refractivity contribution is 0.197. The number of pyridine rings is 2. The van der Waals surface area contributed by atoms with E-state index in [1.165, 1.54) is 14.6 Å². The van der Waals surface area contributed by atoms with E-state index in [0.717, 1.165) is 44.5 Å². The predicted molar refractivity (Wildman–Crippen MR) is 135 cm³/mol. The van der Waals surface area contributed by atoms with Gasteiger partial charge in [0.2, 0.25) is 0 Å². The van der Waals surface area contributed by atoms with Gasteiger partial charge in [-0.3, -0.25) is 9.38 Å². The van der Waals surface area contributed by atoms with Crippen molar-refractivity contribution in [2.24, 2.45) is 0 Å². The average Bonchev–Trinajstić information content (AvgIpc) is 3.19. The maximum absolute atomic E-state index is 12.6. The topological polar surface area (TPSA) is 96.6 Å². The van der Waals surface area contributed by atoms with E-state index >= 15 is 0 Å². The first-order valence-electron chi connectivity index (χ1n) is 12.0. The minimum absolute atomic E-state index is 0.159. The van der Waals surface area contributed by atoms with Crippen LogP contribution in [-0.4, -0.2) is 55.8 Å². The Morgan fingerprint density at radius 1 is 1.00 bits per heavy atom. The summed E-state index contributed by atoms with van der Waals surface area (Å²) in [6.45, 7) is 3.29. The minimum Gasteiger partial charge on any atom is -0.335 e. The van der Waals surface area contributed by atoms with E-state index in [2.05, 4.69) is 37.7 Å². The van der Waals surface area contributed by atoms with Gasteiger partial charge in [-0.25, -0.2) is 14.3 Å². The van der Waals surface area contributed by atoms with Gasteiger partial charge in [-0.15, -0.1) is 5.10 Å². The van der Waals surface area contributed by atoms with E-state index in [-0.39, 0.29) is 17.8 Å². The van der Waals surface area contributed by atoms with Crippen LogP contribution in [0, 0.1) is 0 Å². The third kappa shape index (κ3) is 5.75. The Bertz CT molecular complexity index is 1340. The molecule has 0 aliphatic carbocycles. The van der Waals surface area contributed by atoms with Gasteiger partial charge in [0.1, 0.15) is 0 Å². The van der Waals surface area contributed by atoms with Crippen LogP contribution in [-0.2, 0) is 13.0 Å². The molecule has 0 atom stereocenters. The molecule has 1 fully saturated rings. The number of carbonyl (C=O) groups is 1. The first-order valence-corrected chi connectivity index (χ1v) is 12.0. The molecule has 180 valence electrons. The Morgan fingerprint density at radius 2 is 1.83 bits per heavy atom. The van der Waals surface area contributed by atoms with Crippen LogP contribution in [0.15, 0.2) is 78.0 Å². The zero-order valence-electron chi connectivity index (χ0n) is 19.5. The van der Waals surface area contributed by atoms with E-state index in [9.17, 15) is 9.59 Å². The number of hydrogen-bond donors (Lipinski definition) is 2. The number of rotatable bonds is 7. The summed E-state index contributed by atoms with van der Waals surface area (Å²) in [7, 11) is 0. The number of benzene rings is 1. The summed E-state index contributed by atoms with van der Waals surface area (Å²) >= 11 is 0. The number of piperidine rings is 1. The quantitative estimate of drug-likeness (QED) is 0.432. The van der Waals surface area contributed by atoms with Gasteiger partial charge in [-0.1, -0.05) is 18.2 Å². The summed E-state index contributed by atoms with van der Waals surface area (Å²) in [6, 6.07) is 17.0. The molecule has 0 radical (unpaired) electrons. The fraction of sp³-hybridized carbons (Fsp3) is 0.308. The molecule has 9 heteroatoms. The Hall–Kier alpha value is -3.98. The van der Waals surface area contributed by atoms with Crippen molar-refractivity contribution in [1.29, 1.82) is 0 Å². The van der Waals surface area contributed by atoms with Gasteiger partial charge in [-0.2, -0.15) is 0 Å². The molecule has 2 N–H and O–H groups in total. The molecule has 1 aromatic carbocycles. The van der Waals surface area contributed by atoms with Crippen LogP contribution in [0.5, 0.6) is 0 Å². The number of nitrogens with one attached hydrogen (secondary N) is 2. The van der Waals surface area contributed by atoms with Crippen LogP contribution in [0.25, 0.3) is 5.65 Å². The fourth-order valence-electron chi connectivity index (χ4n) is 4.48. The van der Waals surface area contributed by atoms with Crippen molar-refractivity contribution in [3.63, 3.8) is 0 Å². The largest absolute Gasteiger partial charge is 0.350 e. The van der Waals surface area contributed by atoms with Gasteiger partial charge in [-0.05, 0) is 66.8 Å². The second-order valence-electron chi connectivity index (χ2n) is 8.89. The Balaban J connectivity index is 1.11. The molecule has 5 rings (SSSR count). The SMILES string of the molecule is O=C(Nc1cccc(Cn2nc3ccccn3c2=O)c1)NC1CCN(CCc2ccncc2)CC1. The van der Waals surface area contributed by atoms with E-state index < -0.39 is 0 Å². The molecule has 0 saturated carbocycles. The van der Waals surface area contributed by atoms with E-state index in [0.29, 0.717) is 17.9 Å². The van der Waals surface area contributed by atoms with Crippen molar-refractivity contribution >= 4 is 17.4 Å². The number of fused-ring (bicyclic) bond motifs is 1. The molecule has 1 saturated heterocycles. The van der Waals surface area contributed by atoms with Crippen LogP contribution >= 0.6 is 0 Å². The zero-order chi connectivity index (χ0) is 24.0. The maximum atomic E-state index is 12.6. The molecule has 9 nitrogen and oxygen atoms in total. The molecule has 4 heterocycles. The summed E-state index contributed by atoms with van der Waals surface area (Å²) < 4.78 is 2.94. The number of nitrogens with zero attached hydrogens (tertiary/aromatic N) is 5. The molecule has 35 heavy (non-hydrogen) atoms. The Kier molecular flexibility index (Phi) is 6.85. The monoisotopic (exact) mass is 471 g/mol. The van der Waals surface area contributed by atoms with Crippen molar-refractivity contribution in [3.05, 3.63) is 94.8 Å². The summed E-state index contributed by atoms with van der Waals surface area (Å²) in [5.74, 6) is 0. The van der Waals surface area contributed by atoms with Crippen LogP contribution in [0.3, 0.4) is 0 Å². The van der Waals surface area contributed by atoms with Crippen LogP contribution in [0.4, 0.5) is 10.5 Å². The third-order valence-corrected chi connectivity index (χ3v) is 6.39. The lowest BCUT2D eigenvalue weighted by Gasteiger charge is -2.32. The molecule has 1 aliphatic rings. The van der Waals surface area contributed by atoms with Crippen molar-refractivity contribution in [3.8, 4) is 0 Å². The summed E-state index contributed by atoms with van der Waals surface area (Å²) in [6.07, 6.45) is 8.24. The predicted octanol–water partition coefficient (Wildman–Crippen LogP) is 2.77. The number of anilines is 1. The van der Waals surface area contributed by atoms with Crippen molar-refractivity contribution < 1.29 is 4.79 Å². The lowest BCUT2D eigenvalue weighted by atomic mass is 10.0. The maximum Gasteiger partial charge on any atom is 0.350 e. The highest BCUT2D eigenvalue weighted by atomic mass is 16.2. The molecule has 4 aromatic rings.